The molecular formula is C12H13F3O4. The van der Waals surface area contributed by atoms with Crippen molar-refractivity contribution in [2.24, 2.45) is 0 Å². The molecule has 0 heterocycles. The molecule has 0 radical (unpaired) electrons. The van der Waals surface area contributed by atoms with Crippen LogP contribution in [0.1, 0.15) is 17.3 Å². The second kappa shape index (κ2) is 5.92. The van der Waals surface area contributed by atoms with Crippen molar-refractivity contribution in [3.8, 4) is 11.5 Å². The number of benzene rings is 1. The largest absolute Gasteiger partial charge is 0.496 e. The number of ketones is 1. The Balaban J connectivity index is 2.81. The minimum Gasteiger partial charge on any atom is -0.496 e. The molecule has 106 valence electrons. The molecule has 0 saturated heterocycles. The molecule has 0 aliphatic carbocycles. The van der Waals surface area contributed by atoms with Gasteiger partial charge in [0.2, 0.25) is 0 Å². The Morgan fingerprint density at radius 3 is 2.53 bits per heavy atom. The molecule has 0 amide bonds. The first-order valence-corrected chi connectivity index (χ1v) is 5.32. The van der Waals surface area contributed by atoms with Gasteiger partial charge in [-0.2, -0.15) is 13.2 Å². The zero-order valence-corrected chi connectivity index (χ0v) is 10.3. The second-order valence-corrected chi connectivity index (χ2v) is 3.79. The maximum Gasteiger partial charge on any atom is 0.417 e. The fourth-order valence-electron chi connectivity index (χ4n) is 1.32. The number of halogens is 3. The van der Waals surface area contributed by atoms with E-state index in [2.05, 4.69) is 0 Å². The fraction of sp³-hybridized carbons (Fsp3) is 0.417. The minimum absolute atomic E-state index is 0.0503. The summed E-state index contributed by atoms with van der Waals surface area (Å²) in [4.78, 5) is 11.3. The summed E-state index contributed by atoms with van der Waals surface area (Å²) in [6.07, 6.45) is -7.31. The van der Waals surface area contributed by atoms with E-state index in [-0.39, 0.29) is 17.1 Å². The van der Waals surface area contributed by atoms with Crippen LogP contribution in [0.15, 0.2) is 18.2 Å². The van der Waals surface area contributed by atoms with Gasteiger partial charge in [0.1, 0.15) is 18.1 Å². The van der Waals surface area contributed by atoms with Crippen molar-refractivity contribution in [2.75, 3.05) is 13.7 Å². The summed E-state index contributed by atoms with van der Waals surface area (Å²) in [5, 5.41) is 8.78. The number of aliphatic hydroxyl groups is 1. The second-order valence-electron chi connectivity index (χ2n) is 3.79. The Labute approximate surface area is 107 Å². The summed E-state index contributed by atoms with van der Waals surface area (Å²) < 4.78 is 46.0. The SMILES string of the molecule is COc1ccc(OCC(O)C(F)(F)F)cc1C(C)=O. The van der Waals surface area contributed by atoms with Crippen molar-refractivity contribution < 1.29 is 32.5 Å². The molecule has 0 aliphatic rings. The fourth-order valence-corrected chi connectivity index (χ4v) is 1.32. The Morgan fingerprint density at radius 1 is 1.42 bits per heavy atom. The Bertz CT molecular complexity index is 457. The van der Waals surface area contributed by atoms with Crippen LogP contribution in [-0.2, 0) is 0 Å². The molecule has 0 fully saturated rings. The van der Waals surface area contributed by atoms with E-state index < -0.39 is 18.9 Å². The van der Waals surface area contributed by atoms with Crippen LogP contribution in [0.2, 0.25) is 0 Å². The standard InChI is InChI=1S/C12H13F3O4/c1-7(16)9-5-8(3-4-10(9)18-2)19-6-11(17)12(13,14)15/h3-5,11,17H,6H2,1-2H3. The number of aliphatic hydroxyl groups excluding tert-OH is 1. The zero-order chi connectivity index (χ0) is 14.6. The van der Waals surface area contributed by atoms with Gasteiger partial charge in [-0.1, -0.05) is 0 Å². The number of alkyl halides is 3. The number of hydrogen-bond acceptors (Lipinski definition) is 4. The Kier molecular flexibility index (Phi) is 4.77. The van der Waals surface area contributed by atoms with Crippen molar-refractivity contribution >= 4 is 5.78 Å². The summed E-state index contributed by atoms with van der Waals surface area (Å²) in [6.45, 7) is 0.360. The molecule has 7 heteroatoms. The topological polar surface area (TPSA) is 55.8 Å². The van der Waals surface area contributed by atoms with Crippen LogP contribution in [0.3, 0.4) is 0 Å². The highest BCUT2D eigenvalue weighted by molar-refractivity contribution is 5.97. The van der Waals surface area contributed by atoms with Gasteiger partial charge in [0.25, 0.3) is 0 Å². The maximum absolute atomic E-state index is 12.1. The summed E-state index contributed by atoms with van der Waals surface area (Å²) in [6, 6.07) is 4.03. The van der Waals surface area contributed by atoms with Crippen molar-refractivity contribution in [1.29, 1.82) is 0 Å². The summed E-state index contributed by atoms with van der Waals surface area (Å²) in [7, 11) is 1.37. The number of carbonyl (C=O) groups is 1. The first kappa shape index (κ1) is 15.3. The molecule has 0 aromatic heterocycles. The van der Waals surface area contributed by atoms with E-state index >= 15 is 0 Å². The van der Waals surface area contributed by atoms with Crippen LogP contribution in [0.25, 0.3) is 0 Å². The maximum atomic E-state index is 12.1. The van der Waals surface area contributed by atoms with E-state index in [1.807, 2.05) is 0 Å². The molecule has 1 N–H and O–H groups in total. The highest BCUT2D eigenvalue weighted by Gasteiger charge is 2.38. The molecule has 0 aliphatic heterocycles. The van der Waals surface area contributed by atoms with Gasteiger partial charge in [0.15, 0.2) is 11.9 Å². The number of rotatable bonds is 5. The zero-order valence-electron chi connectivity index (χ0n) is 10.3. The quantitative estimate of drug-likeness (QED) is 0.839. The third-order valence-corrected chi connectivity index (χ3v) is 2.34. The molecule has 0 saturated carbocycles. The van der Waals surface area contributed by atoms with E-state index in [1.54, 1.807) is 0 Å². The highest BCUT2D eigenvalue weighted by Crippen LogP contribution is 2.26. The number of ether oxygens (including phenoxy) is 2. The molecule has 4 nitrogen and oxygen atoms in total. The number of carbonyl (C=O) groups excluding carboxylic acids is 1. The van der Waals surface area contributed by atoms with Gasteiger partial charge in [-0.3, -0.25) is 4.79 Å². The predicted octanol–water partition coefficient (Wildman–Crippen LogP) is 2.20. The number of Topliss-reactive ketones (excluding diaryl/α,β-unsaturated/α-hetero) is 1. The van der Waals surface area contributed by atoms with Crippen LogP contribution in [0.4, 0.5) is 13.2 Å². The Hall–Kier alpha value is -1.76. The monoisotopic (exact) mass is 278 g/mol. The van der Waals surface area contributed by atoms with E-state index in [4.69, 9.17) is 14.6 Å². The lowest BCUT2D eigenvalue weighted by atomic mass is 10.1. The van der Waals surface area contributed by atoms with Gasteiger partial charge in [-0.25, -0.2) is 0 Å². The van der Waals surface area contributed by atoms with E-state index in [1.165, 1.54) is 32.2 Å². The minimum atomic E-state index is -4.74. The molecule has 0 spiro atoms. The van der Waals surface area contributed by atoms with E-state index in [0.717, 1.165) is 0 Å². The molecule has 0 bridgehead atoms. The molecular weight excluding hydrogens is 265 g/mol. The van der Waals surface area contributed by atoms with Crippen LogP contribution in [0, 0.1) is 0 Å². The molecule has 1 aromatic rings. The summed E-state index contributed by atoms with van der Waals surface area (Å²) in [5.74, 6) is 0.0455. The average Bonchev–Trinajstić information content (AvgIpc) is 2.34. The molecule has 1 rings (SSSR count). The average molecular weight is 278 g/mol. The van der Waals surface area contributed by atoms with Crippen molar-refractivity contribution in [3.05, 3.63) is 23.8 Å². The predicted molar refractivity (Wildman–Crippen MR) is 60.6 cm³/mol. The normalized spacial score (nSPS) is 12.9. The first-order chi connectivity index (χ1) is 8.75. The van der Waals surface area contributed by atoms with Crippen molar-refractivity contribution in [1.82, 2.24) is 0 Å². The van der Waals surface area contributed by atoms with Crippen molar-refractivity contribution in [3.63, 3.8) is 0 Å². The van der Waals surface area contributed by atoms with Crippen LogP contribution >= 0.6 is 0 Å². The smallest absolute Gasteiger partial charge is 0.417 e. The van der Waals surface area contributed by atoms with Gasteiger partial charge >= 0.3 is 6.18 Å². The van der Waals surface area contributed by atoms with Crippen LogP contribution < -0.4 is 9.47 Å². The van der Waals surface area contributed by atoms with Gasteiger partial charge in [-0.05, 0) is 25.1 Å². The highest BCUT2D eigenvalue weighted by atomic mass is 19.4. The Morgan fingerprint density at radius 2 is 2.05 bits per heavy atom. The van der Waals surface area contributed by atoms with Crippen molar-refractivity contribution in [2.45, 2.75) is 19.2 Å². The summed E-state index contributed by atoms with van der Waals surface area (Å²) >= 11 is 0. The van der Waals surface area contributed by atoms with Crippen LogP contribution in [-0.4, -0.2) is 36.9 Å². The van der Waals surface area contributed by atoms with E-state index in [9.17, 15) is 18.0 Å². The van der Waals surface area contributed by atoms with Gasteiger partial charge < -0.3 is 14.6 Å². The first-order valence-electron chi connectivity index (χ1n) is 5.32. The molecule has 1 aromatic carbocycles. The van der Waals surface area contributed by atoms with Gasteiger partial charge in [0, 0.05) is 0 Å². The number of hydrogen-bond donors (Lipinski definition) is 1. The third-order valence-electron chi connectivity index (χ3n) is 2.34. The van der Waals surface area contributed by atoms with E-state index in [0.29, 0.717) is 5.75 Å². The lowest BCUT2D eigenvalue weighted by Gasteiger charge is -2.16. The third kappa shape index (κ3) is 4.13. The lowest BCUT2D eigenvalue weighted by Crippen LogP contribution is -2.34. The molecule has 19 heavy (non-hydrogen) atoms. The lowest BCUT2D eigenvalue weighted by molar-refractivity contribution is -0.210. The number of methoxy groups -OCH3 is 1. The van der Waals surface area contributed by atoms with Gasteiger partial charge in [0.05, 0.1) is 12.7 Å². The molecule has 1 atom stereocenters. The van der Waals surface area contributed by atoms with Crippen LogP contribution in [0.5, 0.6) is 11.5 Å². The summed E-state index contributed by atoms with van der Waals surface area (Å²) in [5.41, 5.74) is 0.196. The van der Waals surface area contributed by atoms with Gasteiger partial charge in [-0.15, -0.1) is 0 Å². The molecule has 1 unspecified atom stereocenters.